The molecule has 0 N–H and O–H groups in total. The molecule has 2 aromatic carbocycles. The van der Waals surface area contributed by atoms with Crippen LogP contribution < -0.4 is 0 Å². The maximum atomic E-state index is 12.9. The normalized spacial score (nSPS) is 15.8. The van der Waals surface area contributed by atoms with Gasteiger partial charge in [-0.3, -0.25) is 4.79 Å². The van der Waals surface area contributed by atoms with Crippen LogP contribution in [0.15, 0.2) is 58.3 Å². The third kappa shape index (κ3) is 3.79. The van der Waals surface area contributed by atoms with Crippen LogP contribution in [-0.2, 0) is 10.0 Å². The topological polar surface area (TPSA) is 57.7 Å². The Balaban J connectivity index is 1.72. The number of carbonyl (C=O) groups excluding carboxylic acids is 1. The highest BCUT2D eigenvalue weighted by atomic mass is 32.2. The van der Waals surface area contributed by atoms with Gasteiger partial charge >= 0.3 is 0 Å². The fourth-order valence-electron chi connectivity index (χ4n) is 3.00. The minimum Gasteiger partial charge on any atom is -0.336 e. The summed E-state index contributed by atoms with van der Waals surface area (Å²) in [7, 11) is -3.50. The number of sulfonamides is 1. The first-order valence-corrected chi connectivity index (χ1v) is 11.1. The summed E-state index contributed by atoms with van der Waals surface area (Å²) < 4.78 is 26.8. The SMILES string of the molecule is CSc1ccc(C)c(C(=O)N2CCN(S(=O)(=O)c3ccccc3)CC2)c1. The van der Waals surface area contributed by atoms with Crippen molar-refractivity contribution in [3.05, 3.63) is 59.7 Å². The van der Waals surface area contributed by atoms with E-state index in [-0.39, 0.29) is 5.91 Å². The van der Waals surface area contributed by atoms with Crippen molar-refractivity contribution in [3.63, 3.8) is 0 Å². The third-order valence-electron chi connectivity index (χ3n) is 4.58. The van der Waals surface area contributed by atoms with Gasteiger partial charge in [-0.05, 0) is 43.0 Å². The number of hydrogen-bond donors (Lipinski definition) is 0. The summed E-state index contributed by atoms with van der Waals surface area (Å²) in [6, 6.07) is 14.3. The molecule has 7 heteroatoms. The largest absolute Gasteiger partial charge is 0.336 e. The molecule has 1 amide bonds. The number of thioether (sulfide) groups is 1. The van der Waals surface area contributed by atoms with Crippen molar-refractivity contribution in [3.8, 4) is 0 Å². The Morgan fingerprint density at radius 2 is 1.65 bits per heavy atom. The number of rotatable bonds is 4. The first-order valence-electron chi connectivity index (χ1n) is 8.42. The van der Waals surface area contributed by atoms with E-state index in [1.807, 2.05) is 31.4 Å². The molecular weight excluding hydrogens is 368 g/mol. The van der Waals surface area contributed by atoms with Crippen molar-refractivity contribution in [2.75, 3.05) is 32.4 Å². The molecule has 1 fully saturated rings. The van der Waals surface area contributed by atoms with Gasteiger partial charge < -0.3 is 4.90 Å². The van der Waals surface area contributed by atoms with Crippen molar-refractivity contribution in [2.24, 2.45) is 0 Å². The van der Waals surface area contributed by atoms with E-state index in [9.17, 15) is 13.2 Å². The second-order valence-electron chi connectivity index (χ2n) is 6.19. The fourth-order valence-corrected chi connectivity index (χ4v) is 4.88. The Morgan fingerprint density at radius 1 is 1.00 bits per heavy atom. The molecule has 5 nitrogen and oxygen atoms in total. The summed E-state index contributed by atoms with van der Waals surface area (Å²) in [5, 5.41) is 0. The third-order valence-corrected chi connectivity index (χ3v) is 7.22. The lowest BCUT2D eigenvalue weighted by Gasteiger charge is -2.34. The number of piperazine rings is 1. The lowest BCUT2D eigenvalue weighted by atomic mass is 10.1. The van der Waals surface area contributed by atoms with Crippen molar-refractivity contribution in [2.45, 2.75) is 16.7 Å². The molecule has 0 unspecified atom stereocenters. The number of aryl methyl sites for hydroxylation is 1. The van der Waals surface area contributed by atoms with Gasteiger partial charge in [0.15, 0.2) is 0 Å². The summed E-state index contributed by atoms with van der Waals surface area (Å²) in [5.41, 5.74) is 1.63. The summed E-state index contributed by atoms with van der Waals surface area (Å²) in [6.45, 7) is 3.34. The average molecular weight is 391 g/mol. The van der Waals surface area contributed by atoms with Gasteiger partial charge in [0.25, 0.3) is 5.91 Å². The number of hydrogen-bond acceptors (Lipinski definition) is 4. The number of amides is 1. The molecule has 0 aromatic heterocycles. The molecule has 0 spiro atoms. The van der Waals surface area contributed by atoms with E-state index in [2.05, 4.69) is 0 Å². The van der Waals surface area contributed by atoms with Crippen LogP contribution in [0.25, 0.3) is 0 Å². The van der Waals surface area contributed by atoms with Crippen molar-refractivity contribution >= 4 is 27.7 Å². The predicted octanol–water partition coefficient (Wildman–Crippen LogP) is 2.86. The van der Waals surface area contributed by atoms with Gasteiger partial charge in [0.2, 0.25) is 10.0 Å². The Labute approximate surface area is 159 Å². The van der Waals surface area contributed by atoms with Crippen LogP contribution >= 0.6 is 11.8 Å². The molecule has 2 aromatic rings. The Morgan fingerprint density at radius 3 is 2.27 bits per heavy atom. The molecule has 0 atom stereocenters. The van der Waals surface area contributed by atoms with Crippen LogP contribution in [0.5, 0.6) is 0 Å². The second kappa shape index (κ2) is 7.82. The van der Waals surface area contributed by atoms with Crippen LogP contribution in [0.1, 0.15) is 15.9 Å². The molecule has 0 aliphatic carbocycles. The van der Waals surface area contributed by atoms with Gasteiger partial charge in [0.1, 0.15) is 0 Å². The fraction of sp³-hybridized carbons (Fsp3) is 0.316. The summed E-state index contributed by atoms with van der Waals surface area (Å²) >= 11 is 1.60. The van der Waals surface area contributed by atoms with E-state index in [4.69, 9.17) is 0 Å². The first-order chi connectivity index (χ1) is 12.4. The number of benzene rings is 2. The molecule has 26 heavy (non-hydrogen) atoms. The highest BCUT2D eigenvalue weighted by Crippen LogP contribution is 2.22. The van der Waals surface area contributed by atoms with Crippen LogP contribution in [0.3, 0.4) is 0 Å². The molecule has 0 radical (unpaired) electrons. The van der Waals surface area contributed by atoms with E-state index >= 15 is 0 Å². The van der Waals surface area contributed by atoms with Crippen LogP contribution in [-0.4, -0.2) is 56.0 Å². The molecule has 3 rings (SSSR count). The molecule has 1 aliphatic heterocycles. The molecule has 1 heterocycles. The Kier molecular flexibility index (Phi) is 5.70. The van der Waals surface area contributed by atoms with E-state index in [1.54, 1.807) is 47.0 Å². The van der Waals surface area contributed by atoms with Crippen LogP contribution in [0.4, 0.5) is 0 Å². The zero-order valence-electron chi connectivity index (χ0n) is 14.9. The minimum absolute atomic E-state index is 0.0323. The van der Waals surface area contributed by atoms with Gasteiger partial charge in [-0.25, -0.2) is 8.42 Å². The highest BCUT2D eigenvalue weighted by Gasteiger charge is 2.30. The second-order valence-corrected chi connectivity index (χ2v) is 9.01. The quantitative estimate of drug-likeness (QED) is 0.754. The average Bonchev–Trinajstić information content (AvgIpc) is 2.68. The lowest BCUT2D eigenvalue weighted by Crippen LogP contribution is -2.50. The van der Waals surface area contributed by atoms with Crippen LogP contribution in [0.2, 0.25) is 0 Å². The molecule has 0 bridgehead atoms. The summed E-state index contributed by atoms with van der Waals surface area (Å²) in [5.74, 6) is -0.0323. The van der Waals surface area contributed by atoms with Crippen molar-refractivity contribution in [1.82, 2.24) is 9.21 Å². The smallest absolute Gasteiger partial charge is 0.254 e. The van der Waals surface area contributed by atoms with Crippen LogP contribution in [0, 0.1) is 6.92 Å². The van der Waals surface area contributed by atoms with E-state index in [0.29, 0.717) is 36.6 Å². The minimum atomic E-state index is -3.50. The number of carbonyl (C=O) groups is 1. The molecular formula is C19H22N2O3S2. The predicted molar refractivity (Wildman–Crippen MR) is 104 cm³/mol. The van der Waals surface area contributed by atoms with Gasteiger partial charge in [-0.15, -0.1) is 11.8 Å². The van der Waals surface area contributed by atoms with E-state index in [0.717, 1.165) is 10.5 Å². The molecule has 1 saturated heterocycles. The number of nitrogens with zero attached hydrogens (tertiary/aromatic N) is 2. The molecule has 1 aliphatic rings. The summed E-state index contributed by atoms with van der Waals surface area (Å²) in [4.78, 5) is 15.9. The van der Waals surface area contributed by atoms with Gasteiger partial charge in [-0.2, -0.15) is 4.31 Å². The zero-order valence-corrected chi connectivity index (χ0v) is 16.5. The zero-order chi connectivity index (χ0) is 18.7. The molecule has 138 valence electrons. The first kappa shape index (κ1) is 18.9. The molecule has 0 saturated carbocycles. The maximum Gasteiger partial charge on any atom is 0.254 e. The monoisotopic (exact) mass is 390 g/mol. The lowest BCUT2D eigenvalue weighted by molar-refractivity contribution is 0.0697. The van der Waals surface area contributed by atoms with Gasteiger partial charge in [0.05, 0.1) is 4.90 Å². The van der Waals surface area contributed by atoms with Gasteiger partial charge in [-0.1, -0.05) is 24.3 Å². The van der Waals surface area contributed by atoms with Crippen molar-refractivity contribution < 1.29 is 13.2 Å². The van der Waals surface area contributed by atoms with E-state index < -0.39 is 10.0 Å². The summed E-state index contributed by atoms with van der Waals surface area (Å²) in [6.07, 6.45) is 1.98. The maximum absolute atomic E-state index is 12.9. The Bertz CT molecular complexity index is 890. The Hall–Kier alpha value is -1.83. The van der Waals surface area contributed by atoms with Gasteiger partial charge in [0, 0.05) is 36.6 Å². The highest BCUT2D eigenvalue weighted by molar-refractivity contribution is 7.98. The van der Waals surface area contributed by atoms with Crippen molar-refractivity contribution in [1.29, 1.82) is 0 Å². The standard InChI is InChI=1S/C19H22N2O3S2/c1-15-8-9-16(25-2)14-18(15)19(22)20-10-12-21(13-11-20)26(23,24)17-6-4-3-5-7-17/h3-9,14H,10-13H2,1-2H3. The van der Waals surface area contributed by atoms with E-state index in [1.165, 1.54) is 4.31 Å².